The Balaban J connectivity index is 1.26. The molecular weight excluding hydrogens is 387 g/mol. The number of thioether (sulfide) groups is 1. The van der Waals surface area contributed by atoms with Crippen LogP contribution in [-0.4, -0.2) is 57.2 Å². The van der Waals surface area contributed by atoms with Crippen LogP contribution >= 0.6 is 23.4 Å². The molecule has 1 aliphatic heterocycles. The number of carbonyl (C=O) groups is 1. The number of hydrogen-bond acceptors (Lipinski definition) is 4. The van der Waals surface area contributed by atoms with Gasteiger partial charge in [-0.15, -0.1) is 0 Å². The highest BCUT2D eigenvalue weighted by atomic mass is 35.5. The van der Waals surface area contributed by atoms with Gasteiger partial charge in [-0.3, -0.25) is 9.69 Å². The van der Waals surface area contributed by atoms with E-state index in [1.54, 1.807) is 18.3 Å². The lowest BCUT2D eigenvalue weighted by molar-refractivity contribution is -0.130. The Kier molecular flexibility index (Phi) is 5.71. The number of amides is 1. The minimum absolute atomic E-state index is 0.133. The SMILES string of the molecule is O=C(CSc1nccn1C1CC1)N1CCN(Cc2c(F)cccc2Cl)CC1. The number of rotatable bonds is 6. The molecule has 0 N–H and O–H groups in total. The Labute approximate surface area is 167 Å². The van der Waals surface area contributed by atoms with E-state index < -0.39 is 0 Å². The number of piperazine rings is 1. The van der Waals surface area contributed by atoms with E-state index >= 15 is 0 Å². The molecule has 1 aromatic carbocycles. The van der Waals surface area contributed by atoms with Gasteiger partial charge in [0.05, 0.1) is 5.75 Å². The fraction of sp³-hybridized carbons (Fsp3) is 0.474. The summed E-state index contributed by atoms with van der Waals surface area (Å²) in [6.07, 6.45) is 6.20. The molecule has 4 rings (SSSR count). The number of halogens is 2. The molecular formula is C19H22ClFN4OS. The van der Waals surface area contributed by atoms with E-state index in [-0.39, 0.29) is 11.7 Å². The maximum atomic E-state index is 14.0. The van der Waals surface area contributed by atoms with Crippen molar-refractivity contribution in [2.24, 2.45) is 0 Å². The zero-order chi connectivity index (χ0) is 18.8. The van der Waals surface area contributed by atoms with E-state index in [1.807, 2.05) is 11.1 Å². The second-order valence-electron chi connectivity index (χ2n) is 6.99. The molecule has 1 amide bonds. The lowest BCUT2D eigenvalue weighted by atomic mass is 10.2. The molecule has 2 heterocycles. The summed E-state index contributed by atoms with van der Waals surface area (Å²) in [4.78, 5) is 20.9. The first-order chi connectivity index (χ1) is 13.1. The fourth-order valence-electron chi connectivity index (χ4n) is 3.32. The highest BCUT2D eigenvalue weighted by Crippen LogP contribution is 2.37. The number of nitrogens with zero attached hydrogens (tertiary/aromatic N) is 4. The fourth-order valence-corrected chi connectivity index (χ4v) is 4.47. The number of imidazole rings is 1. The second-order valence-corrected chi connectivity index (χ2v) is 8.34. The maximum Gasteiger partial charge on any atom is 0.233 e. The molecule has 1 aliphatic carbocycles. The summed E-state index contributed by atoms with van der Waals surface area (Å²) in [6, 6.07) is 5.33. The van der Waals surface area contributed by atoms with Gasteiger partial charge in [0.15, 0.2) is 5.16 Å². The summed E-state index contributed by atoms with van der Waals surface area (Å²) in [5.41, 5.74) is 0.529. The molecule has 1 saturated carbocycles. The molecule has 0 atom stereocenters. The molecule has 2 aliphatic rings. The van der Waals surface area contributed by atoms with Crippen LogP contribution in [-0.2, 0) is 11.3 Å². The van der Waals surface area contributed by atoms with Crippen LogP contribution in [0.2, 0.25) is 5.02 Å². The predicted octanol–water partition coefficient (Wildman–Crippen LogP) is 3.45. The van der Waals surface area contributed by atoms with Gasteiger partial charge in [-0.05, 0) is 25.0 Å². The molecule has 5 nitrogen and oxygen atoms in total. The molecule has 8 heteroatoms. The van der Waals surface area contributed by atoms with Crippen molar-refractivity contribution >= 4 is 29.3 Å². The third-order valence-electron chi connectivity index (χ3n) is 5.07. The summed E-state index contributed by atoms with van der Waals surface area (Å²) < 4.78 is 16.1. The Bertz CT molecular complexity index is 798. The predicted molar refractivity (Wildman–Crippen MR) is 104 cm³/mol. The van der Waals surface area contributed by atoms with Gasteiger partial charge < -0.3 is 9.47 Å². The molecule has 1 saturated heterocycles. The number of hydrogen-bond donors (Lipinski definition) is 0. The van der Waals surface area contributed by atoms with E-state index in [2.05, 4.69) is 14.5 Å². The van der Waals surface area contributed by atoms with Crippen molar-refractivity contribution in [3.63, 3.8) is 0 Å². The zero-order valence-electron chi connectivity index (χ0n) is 15.0. The Morgan fingerprint density at radius 2 is 2.04 bits per heavy atom. The van der Waals surface area contributed by atoms with Crippen molar-refractivity contribution in [3.8, 4) is 0 Å². The first-order valence-corrected chi connectivity index (χ1v) is 10.6. The van der Waals surface area contributed by atoms with E-state index in [4.69, 9.17) is 11.6 Å². The zero-order valence-corrected chi connectivity index (χ0v) is 16.6. The average molecular weight is 409 g/mol. The van der Waals surface area contributed by atoms with Gasteiger partial charge in [0, 0.05) is 61.7 Å². The van der Waals surface area contributed by atoms with Crippen LogP contribution in [0.1, 0.15) is 24.4 Å². The molecule has 0 radical (unpaired) electrons. The summed E-state index contributed by atoms with van der Waals surface area (Å²) in [5.74, 6) is 0.264. The van der Waals surface area contributed by atoms with Crippen molar-refractivity contribution in [1.29, 1.82) is 0 Å². The smallest absolute Gasteiger partial charge is 0.233 e. The highest BCUT2D eigenvalue weighted by molar-refractivity contribution is 7.99. The Morgan fingerprint density at radius 1 is 1.26 bits per heavy atom. The van der Waals surface area contributed by atoms with Crippen molar-refractivity contribution in [1.82, 2.24) is 19.4 Å². The summed E-state index contributed by atoms with van der Waals surface area (Å²) in [7, 11) is 0. The first kappa shape index (κ1) is 18.8. The number of carbonyl (C=O) groups excluding carboxylic acids is 1. The van der Waals surface area contributed by atoms with Gasteiger partial charge >= 0.3 is 0 Å². The maximum absolute atomic E-state index is 14.0. The van der Waals surface area contributed by atoms with Crippen molar-refractivity contribution < 1.29 is 9.18 Å². The largest absolute Gasteiger partial charge is 0.339 e. The normalized spacial score (nSPS) is 18.1. The molecule has 2 aromatic rings. The van der Waals surface area contributed by atoms with Crippen LogP contribution in [0.5, 0.6) is 0 Å². The van der Waals surface area contributed by atoms with Gasteiger partial charge in [0.2, 0.25) is 5.91 Å². The molecule has 144 valence electrons. The van der Waals surface area contributed by atoms with Crippen LogP contribution < -0.4 is 0 Å². The van der Waals surface area contributed by atoms with Crippen LogP contribution in [0.4, 0.5) is 4.39 Å². The molecule has 2 fully saturated rings. The average Bonchev–Trinajstić information content (AvgIpc) is 3.41. The molecule has 27 heavy (non-hydrogen) atoms. The van der Waals surface area contributed by atoms with Gasteiger partial charge in [0.25, 0.3) is 0 Å². The molecule has 0 spiro atoms. The van der Waals surface area contributed by atoms with Crippen LogP contribution in [0.15, 0.2) is 35.7 Å². The van der Waals surface area contributed by atoms with Crippen LogP contribution in [0.3, 0.4) is 0 Å². The lowest BCUT2D eigenvalue weighted by Crippen LogP contribution is -2.48. The summed E-state index contributed by atoms with van der Waals surface area (Å²) in [6.45, 7) is 3.22. The monoisotopic (exact) mass is 408 g/mol. The highest BCUT2D eigenvalue weighted by Gasteiger charge is 2.27. The van der Waals surface area contributed by atoms with E-state index in [1.165, 1.54) is 30.7 Å². The van der Waals surface area contributed by atoms with E-state index in [0.29, 0.717) is 42.0 Å². The van der Waals surface area contributed by atoms with Crippen molar-refractivity contribution in [2.75, 3.05) is 31.9 Å². The summed E-state index contributed by atoms with van der Waals surface area (Å²) >= 11 is 7.63. The van der Waals surface area contributed by atoms with Gasteiger partial charge in [-0.2, -0.15) is 0 Å². The van der Waals surface area contributed by atoms with Gasteiger partial charge in [0.1, 0.15) is 5.82 Å². The first-order valence-electron chi connectivity index (χ1n) is 9.20. The van der Waals surface area contributed by atoms with Gasteiger partial charge in [-0.1, -0.05) is 29.4 Å². The minimum atomic E-state index is -0.274. The molecule has 1 aromatic heterocycles. The van der Waals surface area contributed by atoms with Crippen molar-refractivity contribution in [3.05, 3.63) is 47.0 Å². The van der Waals surface area contributed by atoms with E-state index in [0.717, 1.165) is 18.2 Å². The van der Waals surface area contributed by atoms with Crippen LogP contribution in [0, 0.1) is 5.82 Å². The third kappa shape index (κ3) is 4.47. The van der Waals surface area contributed by atoms with Crippen LogP contribution in [0.25, 0.3) is 0 Å². The summed E-state index contributed by atoms with van der Waals surface area (Å²) in [5, 5.41) is 1.38. The molecule has 0 bridgehead atoms. The quantitative estimate of drug-likeness (QED) is 0.686. The Hall–Kier alpha value is -1.57. The Morgan fingerprint density at radius 3 is 2.74 bits per heavy atom. The molecule has 0 unspecified atom stereocenters. The third-order valence-corrected chi connectivity index (χ3v) is 6.39. The van der Waals surface area contributed by atoms with E-state index in [9.17, 15) is 9.18 Å². The van der Waals surface area contributed by atoms with Crippen molar-refractivity contribution in [2.45, 2.75) is 30.6 Å². The topological polar surface area (TPSA) is 41.4 Å². The lowest BCUT2D eigenvalue weighted by Gasteiger charge is -2.35. The minimum Gasteiger partial charge on any atom is -0.339 e. The second kappa shape index (κ2) is 8.20. The standard InChI is InChI=1S/C19H22ClFN4OS/c20-16-2-1-3-17(21)15(16)12-23-8-10-24(11-9-23)18(26)13-27-19-22-6-7-25(19)14-4-5-14/h1-3,6-7,14H,4-5,8-13H2. The number of benzene rings is 1. The van der Waals surface area contributed by atoms with Gasteiger partial charge in [-0.25, -0.2) is 9.37 Å². The number of aromatic nitrogens is 2.